The van der Waals surface area contributed by atoms with Gasteiger partial charge in [-0.15, -0.1) is 0 Å². The maximum absolute atomic E-state index is 12.6. The van der Waals surface area contributed by atoms with Crippen LogP contribution in [-0.2, 0) is 4.79 Å². The summed E-state index contributed by atoms with van der Waals surface area (Å²) >= 11 is 0. The van der Waals surface area contributed by atoms with Crippen molar-refractivity contribution in [1.29, 1.82) is 0 Å². The molecule has 2 saturated heterocycles. The van der Waals surface area contributed by atoms with E-state index in [1.165, 1.54) is 19.3 Å². The Labute approximate surface area is 110 Å². The van der Waals surface area contributed by atoms with Crippen molar-refractivity contribution >= 4 is 5.91 Å². The lowest BCUT2D eigenvalue weighted by molar-refractivity contribution is -0.139. The predicted molar refractivity (Wildman–Crippen MR) is 73.0 cm³/mol. The highest BCUT2D eigenvalue weighted by atomic mass is 16.2. The van der Waals surface area contributed by atoms with Gasteiger partial charge in [0.05, 0.1) is 5.41 Å². The van der Waals surface area contributed by atoms with Gasteiger partial charge in [-0.2, -0.15) is 0 Å². The quantitative estimate of drug-likeness (QED) is 0.804. The zero-order chi connectivity index (χ0) is 13.2. The fourth-order valence-corrected chi connectivity index (χ4v) is 3.28. The SMILES string of the molecule is CCC1(C(=O)NN2C(C)CCCC2C)CCNC1. The summed E-state index contributed by atoms with van der Waals surface area (Å²) in [6, 6.07) is 0.918. The van der Waals surface area contributed by atoms with Gasteiger partial charge >= 0.3 is 0 Å². The maximum Gasteiger partial charge on any atom is 0.241 e. The first-order valence-corrected chi connectivity index (χ1v) is 7.39. The van der Waals surface area contributed by atoms with Crippen LogP contribution in [0.4, 0.5) is 0 Å². The van der Waals surface area contributed by atoms with Crippen LogP contribution in [0.15, 0.2) is 0 Å². The molecule has 2 rings (SSSR count). The molecule has 104 valence electrons. The molecule has 2 aliphatic rings. The molecule has 2 fully saturated rings. The number of nitrogens with zero attached hydrogens (tertiary/aromatic N) is 1. The highest BCUT2D eigenvalue weighted by Gasteiger charge is 2.41. The van der Waals surface area contributed by atoms with Crippen LogP contribution in [0.2, 0.25) is 0 Å². The molecular weight excluding hydrogens is 226 g/mol. The fraction of sp³-hybridized carbons (Fsp3) is 0.929. The van der Waals surface area contributed by atoms with Crippen molar-refractivity contribution in [2.75, 3.05) is 13.1 Å². The van der Waals surface area contributed by atoms with Crippen LogP contribution in [0.25, 0.3) is 0 Å². The van der Waals surface area contributed by atoms with E-state index >= 15 is 0 Å². The van der Waals surface area contributed by atoms with Crippen molar-refractivity contribution in [3.63, 3.8) is 0 Å². The van der Waals surface area contributed by atoms with Crippen molar-refractivity contribution in [1.82, 2.24) is 15.8 Å². The summed E-state index contributed by atoms with van der Waals surface area (Å²) in [7, 11) is 0. The fourth-order valence-electron chi connectivity index (χ4n) is 3.28. The van der Waals surface area contributed by atoms with E-state index in [0.717, 1.165) is 25.9 Å². The zero-order valence-electron chi connectivity index (χ0n) is 12.0. The number of carbonyl (C=O) groups excluding carboxylic acids is 1. The van der Waals surface area contributed by atoms with E-state index in [9.17, 15) is 4.79 Å². The summed E-state index contributed by atoms with van der Waals surface area (Å²) < 4.78 is 0. The summed E-state index contributed by atoms with van der Waals surface area (Å²) in [6.45, 7) is 8.33. The number of nitrogens with one attached hydrogen (secondary N) is 2. The molecule has 0 aromatic rings. The van der Waals surface area contributed by atoms with Crippen LogP contribution >= 0.6 is 0 Å². The second-order valence-electron chi connectivity index (χ2n) is 6.04. The lowest BCUT2D eigenvalue weighted by Gasteiger charge is -2.40. The third-order valence-electron chi connectivity index (χ3n) is 4.83. The molecule has 4 nitrogen and oxygen atoms in total. The lowest BCUT2D eigenvalue weighted by atomic mass is 9.83. The molecule has 3 atom stereocenters. The van der Waals surface area contributed by atoms with E-state index in [4.69, 9.17) is 0 Å². The summed E-state index contributed by atoms with van der Waals surface area (Å²) in [5.41, 5.74) is 3.02. The molecule has 18 heavy (non-hydrogen) atoms. The molecular formula is C14H27N3O. The number of hydrogen-bond donors (Lipinski definition) is 2. The first kappa shape index (κ1) is 13.8. The maximum atomic E-state index is 12.6. The normalized spacial score (nSPS) is 37.7. The van der Waals surface area contributed by atoms with Crippen LogP contribution in [0.3, 0.4) is 0 Å². The Hall–Kier alpha value is -0.610. The van der Waals surface area contributed by atoms with Crippen molar-refractivity contribution < 1.29 is 4.79 Å². The minimum atomic E-state index is -0.184. The number of hydrazine groups is 1. The van der Waals surface area contributed by atoms with Gasteiger partial charge in [-0.3, -0.25) is 10.2 Å². The monoisotopic (exact) mass is 253 g/mol. The average Bonchev–Trinajstić information content (AvgIpc) is 2.84. The molecule has 0 radical (unpaired) electrons. The van der Waals surface area contributed by atoms with Gasteiger partial charge in [0.25, 0.3) is 0 Å². The van der Waals surface area contributed by atoms with E-state index in [-0.39, 0.29) is 11.3 Å². The zero-order valence-corrected chi connectivity index (χ0v) is 12.0. The molecule has 2 N–H and O–H groups in total. The number of piperidine rings is 1. The predicted octanol–water partition coefficient (Wildman–Crippen LogP) is 1.67. The molecule has 2 aliphatic heterocycles. The molecule has 0 aliphatic carbocycles. The Kier molecular flexibility index (Phi) is 4.28. The van der Waals surface area contributed by atoms with E-state index < -0.39 is 0 Å². The Morgan fingerprint density at radius 2 is 2.06 bits per heavy atom. The molecule has 1 amide bonds. The standard InChI is InChI=1S/C14H27N3O/c1-4-14(8-9-15-10-14)13(18)16-17-11(2)6-5-7-12(17)3/h11-12,15H,4-10H2,1-3H3,(H,16,18). The lowest BCUT2D eigenvalue weighted by Crippen LogP contribution is -2.57. The van der Waals surface area contributed by atoms with Crippen molar-refractivity contribution in [3.8, 4) is 0 Å². The molecule has 2 heterocycles. The largest absolute Gasteiger partial charge is 0.316 e. The highest BCUT2D eigenvalue weighted by Crippen LogP contribution is 2.30. The van der Waals surface area contributed by atoms with Gasteiger partial charge in [-0.1, -0.05) is 13.3 Å². The van der Waals surface area contributed by atoms with Crippen molar-refractivity contribution in [3.05, 3.63) is 0 Å². The van der Waals surface area contributed by atoms with Crippen molar-refractivity contribution in [2.24, 2.45) is 5.41 Å². The van der Waals surface area contributed by atoms with Gasteiger partial charge in [0.2, 0.25) is 5.91 Å². The Morgan fingerprint density at radius 3 is 2.56 bits per heavy atom. The molecule has 0 spiro atoms. The Bertz CT molecular complexity index is 289. The second-order valence-corrected chi connectivity index (χ2v) is 6.04. The number of amides is 1. The first-order chi connectivity index (χ1) is 8.59. The topological polar surface area (TPSA) is 44.4 Å². The second kappa shape index (κ2) is 5.57. The van der Waals surface area contributed by atoms with E-state index in [1.807, 2.05) is 0 Å². The van der Waals surface area contributed by atoms with Gasteiger partial charge in [-0.05, 0) is 46.1 Å². The van der Waals surface area contributed by atoms with Gasteiger partial charge in [0.1, 0.15) is 0 Å². The summed E-state index contributed by atoms with van der Waals surface area (Å²) in [6.07, 6.45) is 5.52. The van der Waals surface area contributed by atoms with Crippen LogP contribution in [0.1, 0.15) is 52.9 Å². The summed E-state index contributed by atoms with van der Waals surface area (Å²) in [5, 5.41) is 5.51. The molecule has 4 heteroatoms. The number of carbonyl (C=O) groups is 1. The molecule has 0 aromatic heterocycles. The smallest absolute Gasteiger partial charge is 0.241 e. The van der Waals surface area contributed by atoms with Gasteiger partial charge in [0, 0.05) is 18.6 Å². The first-order valence-electron chi connectivity index (χ1n) is 7.39. The van der Waals surface area contributed by atoms with E-state index in [1.54, 1.807) is 0 Å². The van der Waals surface area contributed by atoms with Crippen LogP contribution in [0, 0.1) is 5.41 Å². The number of hydrogen-bond acceptors (Lipinski definition) is 3. The molecule has 0 aromatic carbocycles. The summed E-state index contributed by atoms with van der Waals surface area (Å²) in [5.74, 6) is 0.218. The van der Waals surface area contributed by atoms with Crippen LogP contribution in [-0.4, -0.2) is 36.1 Å². The van der Waals surface area contributed by atoms with Gasteiger partial charge < -0.3 is 5.32 Å². The Balaban J connectivity index is 2.01. The molecule has 0 saturated carbocycles. The van der Waals surface area contributed by atoms with Gasteiger partial charge in [0.15, 0.2) is 0 Å². The van der Waals surface area contributed by atoms with Gasteiger partial charge in [-0.25, -0.2) is 5.01 Å². The Morgan fingerprint density at radius 1 is 1.39 bits per heavy atom. The average molecular weight is 253 g/mol. The minimum Gasteiger partial charge on any atom is -0.316 e. The highest BCUT2D eigenvalue weighted by molar-refractivity contribution is 5.82. The van der Waals surface area contributed by atoms with E-state index in [2.05, 4.69) is 36.5 Å². The summed E-state index contributed by atoms with van der Waals surface area (Å²) in [4.78, 5) is 12.6. The molecule has 3 unspecified atom stereocenters. The third kappa shape index (κ3) is 2.54. The number of rotatable bonds is 3. The van der Waals surface area contributed by atoms with E-state index in [0.29, 0.717) is 12.1 Å². The van der Waals surface area contributed by atoms with Crippen LogP contribution in [0.5, 0.6) is 0 Å². The van der Waals surface area contributed by atoms with Crippen molar-refractivity contribution in [2.45, 2.75) is 65.0 Å². The molecule has 0 bridgehead atoms. The van der Waals surface area contributed by atoms with Crippen LogP contribution < -0.4 is 10.7 Å². The third-order valence-corrected chi connectivity index (χ3v) is 4.83. The minimum absolute atomic E-state index is 0.184.